The highest BCUT2D eigenvalue weighted by Gasteiger charge is 2.26. The van der Waals surface area contributed by atoms with Gasteiger partial charge in [0, 0.05) is 32.3 Å². The van der Waals surface area contributed by atoms with E-state index in [1.165, 1.54) is 6.26 Å². The van der Waals surface area contributed by atoms with Crippen LogP contribution in [0.3, 0.4) is 0 Å². The maximum absolute atomic E-state index is 13.0. The molecule has 4 rings (SSSR count). The van der Waals surface area contributed by atoms with E-state index in [1.54, 1.807) is 46.1 Å². The second kappa shape index (κ2) is 15.5. The van der Waals surface area contributed by atoms with Crippen molar-refractivity contribution >= 4 is 25.1 Å². The molecule has 1 unspecified atom stereocenters. The first kappa shape index (κ1) is 34.8. The zero-order valence-corrected chi connectivity index (χ0v) is 28.6. The lowest BCUT2D eigenvalue weighted by Gasteiger charge is -2.24. The summed E-state index contributed by atoms with van der Waals surface area (Å²) in [5.74, 6) is 0.939. The number of carbonyl (C=O) groups excluding carboxylic acids is 1. The van der Waals surface area contributed by atoms with Gasteiger partial charge in [-0.15, -0.1) is 0 Å². The maximum Gasteiger partial charge on any atom is 0.408 e. The number of aliphatic hydroxyl groups excluding tert-OH is 1. The first-order valence-corrected chi connectivity index (χ1v) is 18.9. The summed E-state index contributed by atoms with van der Waals surface area (Å²) in [6.07, 6.45) is 4.95. The van der Waals surface area contributed by atoms with Crippen molar-refractivity contribution in [2.75, 3.05) is 26.9 Å². The third-order valence-electron chi connectivity index (χ3n) is 6.77. The minimum atomic E-state index is -1.31. The topological polar surface area (TPSA) is 143 Å². The number of nitrogens with zero attached hydrogens (tertiary/aromatic N) is 4. The summed E-state index contributed by atoms with van der Waals surface area (Å²) in [5, 5.41) is 17.9. The summed E-state index contributed by atoms with van der Waals surface area (Å²) in [7, 11) is 0.261. The molecule has 0 spiro atoms. The number of rotatable bonds is 15. The number of nitrogens with one attached hydrogen (secondary N) is 1. The Labute approximate surface area is 270 Å². The Hall–Kier alpha value is -4.04. The number of aromatic nitrogens is 4. The van der Waals surface area contributed by atoms with Crippen LogP contribution in [0.1, 0.15) is 44.4 Å². The van der Waals surface area contributed by atoms with Gasteiger partial charge in [0.15, 0.2) is 0 Å². The predicted molar refractivity (Wildman–Crippen MR) is 177 cm³/mol. The SMILES string of the molecule is COc1nc2ccccc2cc1-c1cn(COCC[Si](C)(C)C)c([C@H](COC/C=C/C(O)c2ccon2)NC(=O)OC(C)(C)C)n1. The third-order valence-corrected chi connectivity index (χ3v) is 8.48. The van der Waals surface area contributed by atoms with Crippen molar-refractivity contribution in [3.05, 3.63) is 72.5 Å². The zero-order chi connectivity index (χ0) is 33.3. The molecule has 0 saturated carbocycles. The molecule has 1 amide bonds. The average molecular weight is 652 g/mol. The number of hydrogen-bond donors (Lipinski definition) is 2. The van der Waals surface area contributed by atoms with Gasteiger partial charge in [-0.2, -0.15) is 0 Å². The van der Waals surface area contributed by atoms with Gasteiger partial charge in [0.2, 0.25) is 5.88 Å². The Morgan fingerprint density at radius 2 is 1.93 bits per heavy atom. The highest BCUT2D eigenvalue weighted by atomic mass is 28.3. The second-order valence-corrected chi connectivity index (χ2v) is 18.7. The number of hydrogen-bond acceptors (Lipinski definition) is 10. The van der Waals surface area contributed by atoms with Crippen LogP contribution in [0.2, 0.25) is 25.7 Å². The lowest BCUT2D eigenvalue weighted by atomic mass is 10.1. The van der Waals surface area contributed by atoms with Crippen LogP contribution in [-0.4, -0.2) is 71.5 Å². The van der Waals surface area contributed by atoms with E-state index in [1.807, 2.05) is 41.1 Å². The molecule has 2 N–H and O–H groups in total. The smallest absolute Gasteiger partial charge is 0.408 e. The Morgan fingerprint density at radius 1 is 1.15 bits per heavy atom. The number of benzene rings is 1. The van der Waals surface area contributed by atoms with E-state index in [0.29, 0.717) is 35.3 Å². The van der Waals surface area contributed by atoms with E-state index in [4.69, 9.17) is 33.4 Å². The number of methoxy groups -OCH3 is 1. The van der Waals surface area contributed by atoms with Crippen molar-refractivity contribution in [3.8, 4) is 17.1 Å². The van der Waals surface area contributed by atoms with Gasteiger partial charge < -0.3 is 38.5 Å². The van der Waals surface area contributed by atoms with Gasteiger partial charge >= 0.3 is 6.09 Å². The molecule has 0 radical (unpaired) electrons. The summed E-state index contributed by atoms with van der Waals surface area (Å²) in [6, 6.07) is 11.6. The summed E-state index contributed by atoms with van der Waals surface area (Å²) in [4.78, 5) is 22.7. The molecule has 248 valence electrons. The number of alkyl carbamates (subject to hydrolysis) is 1. The molecule has 13 heteroatoms. The largest absolute Gasteiger partial charge is 0.480 e. The fourth-order valence-electron chi connectivity index (χ4n) is 4.46. The lowest BCUT2D eigenvalue weighted by molar-refractivity contribution is 0.0432. The van der Waals surface area contributed by atoms with Gasteiger partial charge in [0.05, 0.1) is 37.1 Å². The van der Waals surface area contributed by atoms with E-state index in [2.05, 4.69) is 30.1 Å². The molecule has 1 aromatic carbocycles. The summed E-state index contributed by atoms with van der Waals surface area (Å²) >= 11 is 0. The minimum Gasteiger partial charge on any atom is -0.480 e. The van der Waals surface area contributed by atoms with Crippen LogP contribution < -0.4 is 10.1 Å². The Bertz CT molecular complexity index is 1590. The first-order valence-electron chi connectivity index (χ1n) is 15.2. The standard InChI is InChI=1S/C33H45N5O7Si/c1-33(2,3)45-32(40)36-28(21-42-15-10-13-29(39)26-14-16-44-37-26)30-34-27(20-38(30)22-43-17-18-46(5,6)7)24-19-23-11-8-9-12-25(23)35-31(24)41-4/h8-14,16,19-20,28-29,39H,15,17-18,21-22H2,1-7H3,(H,36,40)/b13-10+/t28-,29?/m0/s1. The quantitative estimate of drug-likeness (QED) is 0.0856. The van der Waals surface area contributed by atoms with Crippen LogP contribution in [0.4, 0.5) is 4.79 Å². The number of fused-ring (bicyclic) bond motifs is 1. The number of imidazole rings is 1. The van der Waals surface area contributed by atoms with E-state index in [-0.39, 0.29) is 19.9 Å². The number of ether oxygens (including phenoxy) is 4. The number of para-hydroxylation sites is 1. The van der Waals surface area contributed by atoms with Gasteiger partial charge in [0.25, 0.3) is 0 Å². The van der Waals surface area contributed by atoms with Gasteiger partial charge in [-0.05, 0) is 38.9 Å². The van der Waals surface area contributed by atoms with Crippen LogP contribution in [0.15, 0.2) is 65.5 Å². The molecule has 0 fully saturated rings. The van der Waals surface area contributed by atoms with Crippen LogP contribution in [0.5, 0.6) is 5.88 Å². The molecule has 0 aliphatic rings. The molecule has 4 aromatic rings. The van der Waals surface area contributed by atoms with Crippen molar-refractivity contribution in [1.29, 1.82) is 0 Å². The molecular weight excluding hydrogens is 606 g/mol. The van der Waals surface area contributed by atoms with Crippen LogP contribution >= 0.6 is 0 Å². The van der Waals surface area contributed by atoms with Gasteiger partial charge in [-0.25, -0.2) is 14.8 Å². The molecule has 0 saturated heterocycles. The van der Waals surface area contributed by atoms with Crippen molar-refractivity contribution in [1.82, 2.24) is 25.0 Å². The monoisotopic (exact) mass is 651 g/mol. The van der Waals surface area contributed by atoms with Crippen molar-refractivity contribution in [3.63, 3.8) is 0 Å². The molecule has 2 atom stereocenters. The summed E-state index contributed by atoms with van der Waals surface area (Å²) in [5.41, 5.74) is 1.79. The Balaban J connectivity index is 1.64. The lowest BCUT2D eigenvalue weighted by Crippen LogP contribution is -2.38. The van der Waals surface area contributed by atoms with Crippen LogP contribution in [-0.2, 0) is 20.9 Å². The molecule has 3 aromatic heterocycles. The zero-order valence-electron chi connectivity index (χ0n) is 27.6. The Morgan fingerprint density at radius 3 is 2.63 bits per heavy atom. The predicted octanol–water partition coefficient (Wildman–Crippen LogP) is 6.28. The molecule has 0 aliphatic heterocycles. The van der Waals surface area contributed by atoms with Gasteiger partial charge in [-0.3, -0.25) is 0 Å². The van der Waals surface area contributed by atoms with Gasteiger partial charge in [0.1, 0.15) is 42.3 Å². The van der Waals surface area contributed by atoms with Crippen LogP contribution in [0, 0.1) is 0 Å². The number of carbonyl (C=O) groups is 1. The number of aliphatic hydroxyl groups is 1. The minimum absolute atomic E-state index is 0.0576. The normalized spacial score (nSPS) is 13.7. The molecular formula is C33H45N5O7Si. The van der Waals surface area contributed by atoms with E-state index in [0.717, 1.165) is 16.9 Å². The fourth-order valence-corrected chi connectivity index (χ4v) is 5.22. The Kier molecular flexibility index (Phi) is 11.7. The molecule has 12 nitrogen and oxygen atoms in total. The molecule has 3 heterocycles. The van der Waals surface area contributed by atoms with Crippen LogP contribution in [0.25, 0.3) is 22.2 Å². The van der Waals surface area contributed by atoms with E-state index in [9.17, 15) is 9.90 Å². The number of pyridine rings is 1. The highest BCUT2D eigenvalue weighted by Crippen LogP contribution is 2.32. The van der Waals surface area contributed by atoms with E-state index < -0.39 is 31.9 Å². The molecule has 0 bridgehead atoms. The molecule has 0 aliphatic carbocycles. The van der Waals surface area contributed by atoms with E-state index >= 15 is 0 Å². The van der Waals surface area contributed by atoms with Gasteiger partial charge in [-0.1, -0.05) is 55.1 Å². The van der Waals surface area contributed by atoms with Crippen molar-refractivity contribution in [2.24, 2.45) is 0 Å². The second-order valence-electron chi connectivity index (χ2n) is 13.1. The molecule has 46 heavy (non-hydrogen) atoms. The van der Waals surface area contributed by atoms with Crippen molar-refractivity contribution in [2.45, 2.75) is 70.9 Å². The fraction of sp³-hybridized carbons (Fsp3) is 0.455. The average Bonchev–Trinajstić information content (AvgIpc) is 3.67. The maximum atomic E-state index is 13.0. The first-order chi connectivity index (χ1) is 21.8. The van der Waals surface area contributed by atoms with Crippen molar-refractivity contribution < 1.29 is 33.4 Å². The number of amides is 1. The summed E-state index contributed by atoms with van der Waals surface area (Å²) in [6.45, 7) is 13.3. The summed E-state index contributed by atoms with van der Waals surface area (Å²) < 4.78 is 30.0. The highest BCUT2D eigenvalue weighted by molar-refractivity contribution is 6.76. The third kappa shape index (κ3) is 10.2.